The number of carbonyl (C=O) groups is 1. The highest BCUT2D eigenvalue weighted by Gasteiger charge is 2.34. The second kappa shape index (κ2) is 14.5. The van der Waals surface area contributed by atoms with Gasteiger partial charge in [-0.15, -0.1) is 0 Å². The van der Waals surface area contributed by atoms with Gasteiger partial charge in [-0.2, -0.15) is 23.3 Å². The van der Waals surface area contributed by atoms with Crippen LogP contribution in [0.2, 0.25) is 5.02 Å². The second-order valence-corrected chi connectivity index (χ2v) is 12.3. The van der Waals surface area contributed by atoms with Crippen LogP contribution in [0.4, 0.5) is 13.2 Å². The molecule has 236 valence electrons. The monoisotopic (exact) mass is 649 g/mol. The molecule has 3 aliphatic rings. The summed E-state index contributed by atoms with van der Waals surface area (Å²) in [5.74, 6) is -0.276. The summed E-state index contributed by atoms with van der Waals surface area (Å²) >= 11 is 7.15. The SMILES string of the molecule is COC1CCN(C2=NC(=O)C(=Cc3ccc4c(cnn4Cc4ccc(Cl)cc4C(F)(F)F)c3)S2)CC1.COC1CCNCC1. The van der Waals surface area contributed by atoms with E-state index in [9.17, 15) is 18.0 Å². The summed E-state index contributed by atoms with van der Waals surface area (Å²) in [5.41, 5.74) is 0.771. The number of piperidine rings is 2. The summed E-state index contributed by atoms with van der Waals surface area (Å²) in [6.07, 6.45) is 3.77. The third-order valence-corrected chi connectivity index (χ3v) is 9.22. The molecule has 0 bridgehead atoms. The van der Waals surface area contributed by atoms with E-state index >= 15 is 0 Å². The van der Waals surface area contributed by atoms with Crippen LogP contribution < -0.4 is 5.32 Å². The number of hydrogen-bond donors (Lipinski definition) is 1. The van der Waals surface area contributed by atoms with E-state index in [-0.39, 0.29) is 29.1 Å². The van der Waals surface area contributed by atoms with E-state index in [1.165, 1.54) is 41.4 Å². The van der Waals surface area contributed by atoms with Crippen LogP contribution in [0.3, 0.4) is 0 Å². The summed E-state index contributed by atoms with van der Waals surface area (Å²) in [5, 5.41) is 9.05. The number of nitrogens with one attached hydrogen (secondary N) is 1. The van der Waals surface area contributed by atoms with Gasteiger partial charge in [-0.1, -0.05) is 23.7 Å². The standard InChI is InChI=1S/C25H22ClF3N4O2S.C6H13NO/c1-35-19-6-8-32(9-7-19)24-31-23(34)22(36-24)11-15-2-5-21-17(10-15)13-30-33(21)14-16-3-4-18(26)12-20(16)25(27,28)29;1-8-6-2-4-7-5-3-6/h2-5,10-13,19H,6-9,14H2,1H3;6-7H,2-5H2,1H3. The minimum atomic E-state index is -4.52. The van der Waals surface area contributed by atoms with Crippen molar-refractivity contribution < 1.29 is 27.4 Å². The van der Waals surface area contributed by atoms with Crippen LogP contribution in [-0.4, -0.2) is 78.4 Å². The number of methoxy groups -OCH3 is 2. The molecule has 0 atom stereocenters. The Labute approximate surface area is 263 Å². The van der Waals surface area contributed by atoms with Crippen molar-refractivity contribution in [2.24, 2.45) is 4.99 Å². The molecule has 0 aliphatic carbocycles. The lowest BCUT2D eigenvalue weighted by Crippen LogP contribution is -2.38. The summed E-state index contributed by atoms with van der Waals surface area (Å²) in [6, 6.07) is 9.20. The van der Waals surface area contributed by atoms with Crippen LogP contribution in [-0.2, 0) is 27.0 Å². The number of amidine groups is 1. The number of thioether (sulfide) groups is 1. The van der Waals surface area contributed by atoms with Gasteiger partial charge in [0.05, 0.1) is 40.9 Å². The van der Waals surface area contributed by atoms with Crippen LogP contribution in [0.15, 0.2) is 52.5 Å². The molecule has 1 aromatic heterocycles. The number of hydrogen-bond acceptors (Lipinski definition) is 7. The highest BCUT2D eigenvalue weighted by atomic mass is 35.5. The molecule has 3 aliphatic heterocycles. The Morgan fingerprint density at radius 3 is 2.41 bits per heavy atom. The summed E-state index contributed by atoms with van der Waals surface area (Å²) in [4.78, 5) is 19.4. The highest BCUT2D eigenvalue weighted by Crippen LogP contribution is 2.35. The molecule has 1 N–H and O–H groups in total. The molecule has 2 saturated heterocycles. The van der Waals surface area contributed by atoms with E-state index in [0.717, 1.165) is 56.0 Å². The van der Waals surface area contributed by atoms with Crippen molar-refractivity contribution in [1.82, 2.24) is 20.0 Å². The summed E-state index contributed by atoms with van der Waals surface area (Å²) < 4.78 is 52.5. The third kappa shape index (κ3) is 8.02. The summed E-state index contributed by atoms with van der Waals surface area (Å²) in [6.45, 7) is 3.78. The lowest BCUT2D eigenvalue weighted by Gasteiger charge is -2.31. The van der Waals surface area contributed by atoms with E-state index in [0.29, 0.717) is 21.7 Å². The first kappa shape index (κ1) is 32.5. The van der Waals surface area contributed by atoms with Gasteiger partial charge in [0.2, 0.25) is 0 Å². The molecule has 6 rings (SSSR count). The molecule has 8 nitrogen and oxygen atoms in total. The second-order valence-electron chi connectivity index (χ2n) is 10.8. The number of halogens is 4. The Morgan fingerprint density at radius 1 is 1.05 bits per heavy atom. The lowest BCUT2D eigenvalue weighted by molar-refractivity contribution is -0.138. The van der Waals surface area contributed by atoms with Crippen molar-refractivity contribution in [1.29, 1.82) is 0 Å². The number of ether oxygens (including phenoxy) is 2. The zero-order valence-electron chi connectivity index (χ0n) is 24.6. The Morgan fingerprint density at radius 2 is 1.75 bits per heavy atom. The number of carbonyl (C=O) groups excluding carboxylic acids is 1. The predicted octanol–water partition coefficient (Wildman–Crippen LogP) is 6.22. The van der Waals surface area contributed by atoms with Crippen molar-refractivity contribution >= 4 is 51.4 Å². The normalized spacial score (nSPS) is 19.4. The fourth-order valence-corrected chi connectivity index (χ4v) is 6.57. The van der Waals surface area contributed by atoms with Gasteiger partial charge < -0.3 is 19.7 Å². The number of fused-ring (bicyclic) bond motifs is 1. The Bertz CT molecular complexity index is 1530. The van der Waals surface area contributed by atoms with Gasteiger partial charge in [0, 0.05) is 37.7 Å². The van der Waals surface area contributed by atoms with E-state index in [2.05, 4.69) is 20.3 Å². The quantitative estimate of drug-likeness (QED) is 0.329. The number of amides is 1. The van der Waals surface area contributed by atoms with Crippen molar-refractivity contribution in [2.75, 3.05) is 40.4 Å². The van der Waals surface area contributed by atoms with E-state index in [4.69, 9.17) is 21.1 Å². The molecular formula is C31H35ClF3N5O3S. The molecule has 2 aromatic carbocycles. The Balaban J connectivity index is 0.000000418. The number of benzene rings is 2. The molecule has 0 spiro atoms. The maximum atomic E-state index is 13.5. The van der Waals surface area contributed by atoms with Crippen molar-refractivity contribution in [3.05, 3.63) is 69.2 Å². The van der Waals surface area contributed by atoms with Crippen LogP contribution in [0.25, 0.3) is 17.0 Å². The zero-order valence-corrected chi connectivity index (χ0v) is 26.1. The minimum absolute atomic E-state index is 0.0278. The van der Waals surface area contributed by atoms with E-state index in [1.807, 2.05) is 12.1 Å². The van der Waals surface area contributed by atoms with Gasteiger partial charge in [0.25, 0.3) is 5.91 Å². The predicted molar refractivity (Wildman–Crippen MR) is 168 cm³/mol. The largest absolute Gasteiger partial charge is 0.416 e. The Kier molecular flexibility index (Phi) is 10.7. The minimum Gasteiger partial charge on any atom is -0.381 e. The number of alkyl halides is 3. The number of aliphatic imine (C=N–C) groups is 1. The Hall–Kier alpha value is -2.90. The topological polar surface area (TPSA) is 81.0 Å². The van der Waals surface area contributed by atoms with Gasteiger partial charge in [-0.05, 0) is 92.0 Å². The van der Waals surface area contributed by atoms with E-state index < -0.39 is 11.7 Å². The van der Waals surface area contributed by atoms with Gasteiger partial charge in [-0.3, -0.25) is 9.48 Å². The molecule has 0 unspecified atom stereocenters. The van der Waals surface area contributed by atoms with Crippen LogP contribution in [0.5, 0.6) is 0 Å². The average Bonchev–Trinajstić information content (AvgIpc) is 3.60. The number of likely N-dealkylation sites (tertiary alicyclic amines) is 1. The van der Waals surface area contributed by atoms with Gasteiger partial charge in [0.1, 0.15) is 0 Å². The first-order valence-corrected chi connectivity index (χ1v) is 15.7. The lowest BCUT2D eigenvalue weighted by atomic mass is 10.1. The maximum Gasteiger partial charge on any atom is 0.416 e. The first-order chi connectivity index (χ1) is 21.1. The molecule has 3 aromatic rings. The number of nitrogens with zero attached hydrogens (tertiary/aromatic N) is 4. The van der Waals surface area contributed by atoms with Gasteiger partial charge in [-0.25, -0.2) is 0 Å². The molecule has 4 heterocycles. The van der Waals surface area contributed by atoms with Crippen molar-refractivity contribution in [3.8, 4) is 0 Å². The third-order valence-electron chi connectivity index (χ3n) is 7.94. The molecular weight excluding hydrogens is 615 g/mol. The first-order valence-electron chi connectivity index (χ1n) is 14.5. The average molecular weight is 650 g/mol. The van der Waals surface area contributed by atoms with Crippen LogP contribution >= 0.6 is 23.4 Å². The zero-order chi connectivity index (χ0) is 31.3. The number of aromatic nitrogens is 2. The fraction of sp³-hybridized carbons (Fsp3) is 0.452. The summed E-state index contributed by atoms with van der Waals surface area (Å²) in [7, 11) is 3.50. The van der Waals surface area contributed by atoms with E-state index in [1.54, 1.807) is 32.6 Å². The van der Waals surface area contributed by atoms with Gasteiger partial charge >= 0.3 is 6.18 Å². The smallest absolute Gasteiger partial charge is 0.381 e. The number of rotatable bonds is 5. The molecule has 1 amide bonds. The molecule has 44 heavy (non-hydrogen) atoms. The molecule has 0 radical (unpaired) electrons. The van der Waals surface area contributed by atoms with Crippen LogP contribution in [0.1, 0.15) is 42.4 Å². The van der Waals surface area contributed by atoms with Gasteiger partial charge in [0.15, 0.2) is 5.17 Å². The van der Waals surface area contributed by atoms with Crippen LogP contribution in [0, 0.1) is 0 Å². The molecule has 13 heteroatoms. The van der Waals surface area contributed by atoms with Crippen molar-refractivity contribution in [2.45, 2.75) is 50.6 Å². The highest BCUT2D eigenvalue weighted by molar-refractivity contribution is 8.18. The fourth-order valence-electron chi connectivity index (χ4n) is 5.43. The molecule has 0 saturated carbocycles. The molecule has 2 fully saturated rings. The maximum absolute atomic E-state index is 13.5. The van der Waals surface area contributed by atoms with Crippen molar-refractivity contribution in [3.63, 3.8) is 0 Å².